The predicted molar refractivity (Wildman–Crippen MR) is 46.5 cm³/mol. The van der Waals surface area contributed by atoms with Crippen molar-refractivity contribution in [3.05, 3.63) is 33.1 Å². The molecule has 0 aromatic heterocycles. The van der Waals surface area contributed by atoms with Gasteiger partial charge in [-0.05, 0) is 34.3 Å². The van der Waals surface area contributed by atoms with Gasteiger partial charge in [0.05, 0.1) is 0 Å². The molecule has 0 fully saturated rings. The van der Waals surface area contributed by atoms with Gasteiger partial charge >= 0.3 is 0 Å². The number of nitroso groups, excluding NO2 is 2. The van der Waals surface area contributed by atoms with Crippen molar-refractivity contribution in [3.8, 4) is 0 Å². The molecule has 0 atom stereocenters. The molecule has 1 aliphatic rings. The Labute approximate surface area is 70.3 Å². The van der Waals surface area contributed by atoms with Crippen LogP contribution in [0, 0.1) is 9.81 Å². The molecule has 0 radical (unpaired) electrons. The third-order valence-electron chi connectivity index (χ3n) is 1.96. The van der Waals surface area contributed by atoms with Crippen LogP contribution in [0.1, 0.15) is 19.8 Å². The van der Waals surface area contributed by atoms with E-state index in [-0.39, 0.29) is 0 Å². The van der Waals surface area contributed by atoms with Crippen LogP contribution in [0.3, 0.4) is 0 Å². The van der Waals surface area contributed by atoms with Crippen LogP contribution in [-0.2, 0) is 0 Å². The molecule has 0 aromatic carbocycles. The Hall–Kier alpha value is -1.32. The molecular weight excluding hydrogens is 156 g/mol. The predicted octanol–water partition coefficient (Wildman–Crippen LogP) is 2.51. The standard InChI is InChI=1S/C8H10N2O2/c1-2-6-4-3-5-7(6)8(9-11)10-12/h3-4,8H,2,5H2,1H3. The highest BCUT2D eigenvalue weighted by molar-refractivity contribution is 5.36. The second-order valence-corrected chi connectivity index (χ2v) is 2.60. The summed E-state index contributed by atoms with van der Waals surface area (Å²) in [5, 5.41) is 5.32. The van der Waals surface area contributed by atoms with Gasteiger partial charge in [-0.15, -0.1) is 9.81 Å². The third kappa shape index (κ3) is 1.47. The Morgan fingerprint density at radius 2 is 2.17 bits per heavy atom. The van der Waals surface area contributed by atoms with Crippen molar-refractivity contribution in [2.75, 3.05) is 0 Å². The minimum Gasteiger partial charge on any atom is -0.148 e. The van der Waals surface area contributed by atoms with Crippen molar-refractivity contribution in [1.29, 1.82) is 0 Å². The van der Waals surface area contributed by atoms with Crippen LogP contribution in [0.5, 0.6) is 0 Å². The zero-order chi connectivity index (χ0) is 8.97. The lowest BCUT2D eigenvalue weighted by Gasteiger charge is -2.03. The average molecular weight is 166 g/mol. The fourth-order valence-corrected chi connectivity index (χ4v) is 1.33. The van der Waals surface area contributed by atoms with E-state index in [2.05, 4.69) is 10.4 Å². The number of hydrogen-bond acceptors (Lipinski definition) is 4. The van der Waals surface area contributed by atoms with E-state index in [1.807, 2.05) is 19.1 Å². The lowest BCUT2D eigenvalue weighted by Crippen LogP contribution is -2.03. The second-order valence-electron chi connectivity index (χ2n) is 2.60. The summed E-state index contributed by atoms with van der Waals surface area (Å²) in [7, 11) is 0. The maximum atomic E-state index is 10.2. The van der Waals surface area contributed by atoms with Crippen molar-refractivity contribution in [1.82, 2.24) is 0 Å². The molecule has 0 unspecified atom stereocenters. The lowest BCUT2D eigenvalue weighted by atomic mass is 10.1. The van der Waals surface area contributed by atoms with Gasteiger partial charge in [0.25, 0.3) is 0 Å². The Balaban J connectivity index is 2.86. The number of rotatable bonds is 4. The van der Waals surface area contributed by atoms with Crippen molar-refractivity contribution in [2.45, 2.75) is 25.9 Å². The number of nitrogens with zero attached hydrogens (tertiary/aromatic N) is 2. The van der Waals surface area contributed by atoms with Crippen LogP contribution >= 0.6 is 0 Å². The molecule has 64 valence electrons. The van der Waals surface area contributed by atoms with E-state index in [9.17, 15) is 9.81 Å². The van der Waals surface area contributed by atoms with Crippen LogP contribution in [0.2, 0.25) is 0 Å². The average Bonchev–Trinajstić information content (AvgIpc) is 2.55. The SMILES string of the molecule is CCC1=C(C(N=O)N=O)CC=C1. The summed E-state index contributed by atoms with van der Waals surface area (Å²) in [4.78, 5) is 20.4. The van der Waals surface area contributed by atoms with E-state index >= 15 is 0 Å². The van der Waals surface area contributed by atoms with Crippen LogP contribution in [0.4, 0.5) is 0 Å². The van der Waals surface area contributed by atoms with Crippen LogP contribution < -0.4 is 0 Å². The highest BCUT2D eigenvalue weighted by Gasteiger charge is 2.19. The third-order valence-corrected chi connectivity index (χ3v) is 1.96. The van der Waals surface area contributed by atoms with Crippen LogP contribution in [0.25, 0.3) is 0 Å². The second kappa shape index (κ2) is 3.90. The van der Waals surface area contributed by atoms with Gasteiger partial charge < -0.3 is 0 Å². The molecule has 1 aliphatic carbocycles. The molecule has 0 heterocycles. The van der Waals surface area contributed by atoms with Crippen LogP contribution in [0.15, 0.2) is 33.7 Å². The molecule has 0 saturated carbocycles. The molecule has 0 amide bonds. The Bertz CT molecular complexity index is 248. The molecule has 4 heteroatoms. The van der Waals surface area contributed by atoms with Crippen LogP contribution in [-0.4, -0.2) is 6.17 Å². The highest BCUT2D eigenvalue weighted by Crippen LogP contribution is 2.26. The minimum atomic E-state index is -1.02. The monoisotopic (exact) mass is 166 g/mol. The summed E-state index contributed by atoms with van der Waals surface area (Å²) < 4.78 is 0. The zero-order valence-electron chi connectivity index (χ0n) is 6.86. The molecular formula is C8H10N2O2. The van der Waals surface area contributed by atoms with E-state index < -0.39 is 6.17 Å². The Morgan fingerprint density at radius 3 is 2.67 bits per heavy atom. The quantitative estimate of drug-likeness (QED) is 0.602. The first-order valence-electron chi connectivity index (χ1n) is 3.86. The van der Waals surface area contributed by atoms with Crippen molar-refractivity contribution in [3.63, 3.8) is 0 Å². The summed E-state index contributed by atoms with van der Waals surface area (Å²) in [6.45, 7) is 1.97. The van der Waals surface area contributed by atoms with E-state index in [0.717, 1.165) is 17.6 Å². The molecule has 0 spiro atoms. The molecule has 12 heavy (non-hydrogen) atoms. The first kappa shape index (κ1) is 8.77. The van der Waals surface area contributed by atoms with Crippen molar-refractivity contribution in [2.24, 2.45) is 10.4 Å². The summed E-state index contributed by atoms with van der Waals surface area (Å²) in [5.41, 5.74) is 1.77. The molecule has 4 nitrogen and oxygen atoms in total. The topological polar surface area (TPSA) is 58.9 Å². The molecule has 1 rings (SSSR count). The van der Waals surface area contributed by atoms with E-state index in [4.69, 9.17) is 0 Å². The Morgan fingerprint density at radius 1 is 1.50 bits per heavy atom. The largest absolute Gasteiger partial charge is 0.244 e. The smallest absolute Gasteiger partial charge is 0.148 e. The van der Waals surface area contributed by atoms with Gasteiger partial charge in [-0.2, -0.15) is 0 Å². The van der Waals surface area contributed by atoms with Crippen molar-refractivity contribution >= 4 is 0 Å². The molecule has 0 N–H and O–H groups in total. The summed E-state index contributed by atoms with van der Waals surface area (Å²) in [6.07, 6.45) is 4.25. The summed E-state index contributed by atoms with van der Waals surface area (Å²) in [6, 6.07) is 0. The molecule has 0 saturated heterocycles. The fourth-order valence-electron chi connectivity index (χ4n) is 1.33. The normalized spacial score (nSPS) is 15.8. The maximum absolute atomic E-state index is 10.2. The minimum absolute atomic E-state index is 0.630. The Kier molecular flexibility index (Phi) is 2.85. The number of hydrogen-bond donors (Lipinski definition) is 0. The summed E-state index contributed by atoms with van der Waals surface area (Å²) in [5.74, 6) is 0. The van der Waals surface area contributed by atoms with Gasteiger partial charge in [0, 0.05) is 0 Å². The van der Waals surface area contributed by atoms with Gasteiger partial charge in [-0.3, -0.25) is 0 Å². The molecule has 0 aliphatic heterocycles. The van der Waals surface area contributed by atoms with E-state index in [1.54, 1.807) is 0 Å². The van der Waals surface area contributed by atoms with Gasteiger partial charge in [0.1, 0.15) is 0 Å². The lowest BCUT2D eigenvalue weighted by molar-refractivity contribution is 0.778. The van der Waals surface area contributed by atoms with Gasteiger partial charge in [0.2, 0.25) is 6.17 Å². The molecule has 0 bridgehead atoms. The maximum Gasteiger partial charge on any atom is 0.244 e. The summed E-state index contributed by atoms with van der Waals surface area (Å²) >= 11 is 0. The van der Waals surface area contributed by atoms with Gasteiger partial charge in [-0.1, -0.05) is 19.1 Å². The first-order chi connectivity index (χ1) is 5.83. The number of allylic oxidation sites excluding steroid dienone is 3. The van der Waals surface area contributed by atoms with Crippen molar-refractivity contribution < 1.29 is 0 Å². The molecule has 0 aromatic rings. The fraction of sp³-hybridized carbons (Fsp3) is 0.500. The van der Waals surface area contributed by atoms with E-state index in [0.29, 0.717) is 6.42 Å². The van der Waals surface area contributed by atoms with E-state index in [1.165, 1.54) is 0 Å². The zero-order valence-corrected chi connectivity index (χ0v) is 6.86. The van der Waals surface area contributed by atoms with Gasteiger partial charge in [-0.25, -0.2) is 0 Å². The van der Waals surface area contributed by atoms with Gasteiger partial charge in [0.15, 0.2) is 0 Å². The first-order valence-corrected chi connectivity index (χ1v) is 3.86. The highest BCUT2D eigenvalue weighted by atomic mass is 16.3.